The molecule has 0 fully saturated rings. The number of nitrogens with one attached hydrogen (secondary N) is 1. The van der Waals surface area contributed by atoms with Gasteiger partial charge in [0.05, 0.1) is 29.5 Å². The molecule has 27 heavy (non-hydrogen) atoms. The van der Waals surface area contributed by atoms with Crippen molar-refractivity contribution < 1.29 is 13.2 Å². The summed E-state index contributed by atoms with van der Waals surface area (Å²) in [7, 11) is -3.81. The zero-order valence-electron chi connectivity index (χ0n) is 14.6. The molecular formula is C18H17Cl2N3O3S. The predicted molar refractivity (Wildman–Crippen MR) is 108 cm³/mol. The molecule has 1 amide bonds. The van der Waals surface area contributed by atoms with Crippen LogP contribution in [0.2, 0.25) is 10.0 Å². The van der Waals surface area contributed by atoms with Crippen LogP contribution in [0.25, 0.3) is 0 Å². The lowest BCUT2D eigenvalue weighted by Crippen LogP contribution is -2.45. The van der Waals surface area contributed by atoms with Gasteiger partial charge in [0, 0.05) is 10.7 Å². The lowest BCUT2D eigenvalue weighted by Gasteiger charge is -2.29. The zero-order valence-corrected chi connectivity index (χ0v) is 16.9. The molecule has 0 aliphatic heterocycles. The molecule has 0 radical (unpaired) electrons. The van der Waals surface area contributed by atoms with E-state index >= 15 is 0 Å². The smallest absolute Gasteiger partial charge is 0.247 e. The van der Waals surface area contributed by atoms with Crippen molar-refractivity contribution >= 4 is 50.5 Å². The van der Waals surface area contributed by atoms with Crippen LogP contribution >= 0.6 is 23.2 Å². The normalized spacial score (nSPS) is 12.1. The number of carbonyl (C=O) groups excluding carboxylic acids is 1. The molecule has 2 aromatic rings. The average molecular weight is 426 g/mol. The highest BCUT2D eigenvalue weighted by molar-refractivity contribution is 7.92. The van der Waals surface area contributed by atoms with Crippen LogP contribution in [0, 0.1) is 11.3 Å². The number of nitrogens with zero attached hydrogens (tertiary/aromatic N) is 2. The first-order chi connectivity index (χ1) is 12.6. The van der Waals surface area contributed by atoms with E-state index in [0.29, 0.717) is 10.7 Å². The van der Waals surface area contributed by atoms with Crippen molar-refractivity contribution in [2.24, 2.45) is 0 Å². The summed E-state index contributed by atoms with van der Waals surface area (Å²) in [5.41, 5.74) is 1.42. The standard InChI is InChI=1S/C18H17Cl2N3O3S/c1-12(18(24)22-15-6-3-13(4-7-15)9-10-21)23(27(2,25)26)17-11-14(19)5-8-16(17)20/h3-8,11-12H,9H2,1-2H3,(H,22,24). The van der Waals surface area contributed by atoms with Gasteiger partial charge in [-0.3, -0.25) is 9.10 Å². The Morgan fingerprint density at radius 2 is 1.85 bits per heavy atom. The van der Waals surface area contributed by atoms with Gasteiger partial charge in [-0.15, -0.1) is 0 Å². The maximum Gasteiger partial charge on any atom is 0.247 e. The SMILES string of the molecule is CC(C(=O)Nc1ccc(CC#N)cc1)N(c1cc(Cl)ccc1Cl)S(C)(=O)=O. The van der Waals surface area contributed by atoms with Crippen molar-refractivity contribution in [1.82, 2.24) is 0 Å². The van der Waals surface area contributed by atoms with Crippen molar-refractivity contribution in [3.8, 4) is 6.07 Å². The van der Waals surface area contributed by atoms with Crippen molar-refractivity contribution in [3.05, 3.63) is 58.1 Å². The highest BCUT2D eigenvalue weighted by Crippen LogP contribution is 2.32. The summed E-state index contributed by atoms with van der Waals surface area (Å²) >= 11 is 12.1. The second-order valence-corrected chi connectivity index (χ2v) is 8.55. The first kappa shape index (κ1) is 21.0. The van der Waals surface area contributed by atoms with Gasteiger partial charge in [0.2, 0.25) is 15.9 Å². The number of hydrogen-bond acceptors (Lipinski definition) is 4. The number of benzene rings is 2. The van der Waals surface area contributed by atoms with E-state index in [2.05, 4.69) is 5.32 Å². The van der Waals surface area contributed by atoms with E-state index in [9.17, 15) is 13.2 Å². The van der Waals surface area contributed by atoms with E-state index in [1.807, 2.05) is 6.07 Å². The van der Waals surface area contributed by atoms with Crippen LogP contribution in [0.5, 0.6) is 0 Å². The fourth-order valence-electron chi connectivity index (χ4n) is 2.48. The molecule has 6 nitrogen and oxygen atoms in total. The van der Waals surface area contributed by atoms with Gasteiger partial charge >= 0.3 is 0 Å². The molecule has 2 aromatic carbocycles. The number of anilines is 2. The molecular weight excluding hydrogens is 409 g/mol. The van der Waals surface area contributed by atoms with Gasteiger partial charge < -0.3 is 5.32 Å². The Morgan fingerprint density at radius 3 is 2.41 bits per heavy atom. The van der Waals surface area contributed by atoms with Crippen LogP contribution in [-0.2, 0) is 21.2 Å². The molecule has 0 aromatic heterocycles. The van der Waals surface area contributed by atoms with E-state index in [-0.39, 0.29) is 17.1 Å². The van der Waals surface area contributed by atoms with Gasteiger partial charge in [-0.25, -0.2) is 8.42 Å². The first-order valence-corrected chi connectivity index (χ1v) is 10.4. The molecule has 0 aliphatic rings. The Bertz CT molecular complexity index is 986. The van der Waals surface area contributed by atoms with Gasteiger partial charge in [-0.05, 0) is 42.8 Å². The molecule has 142 valence electrons. The molecule has 0 heterocycles. The third-order valence-electron chi connectivity index (χ3n) is 3.74. The van der Waals surface area contributed by atoms with E-state index in [1.165, 1.54) is 25.1 Å². The molecule has 0 bridgehead atoms. The number of carbonyl (C=O) groups is 1. The summed E-state index contributed by atoms with van der Waals surface area (Å²) in [6, 6.07) is 12.1. The summed E-state index contributed by atoms with van der Waals surface area (Å²) < 4.78 is 25.6. The quantitative estimate of drug-likeness (QED) is 0.760. The second kappa shape index (κ2) is 8.61. The van der Waals surface area contributed by atoms with E-state index in [4.69, 9.17) is 28.5 Å². The van der Waals surface area contributed by atoms with Crippen LogP contribution in [0.15, 0.2) is 42.5 Å². The van der Waals surface area contributed by atoms with Crippen LogP contribution in [0.4, 0.5) is 11.4 Å². The molecule has 2 rings (SSSR count). The fourth-order valence-corrected chi connectivity index (χ4v) is 4.08. The summed E-state index contributed by atoms with van der Waals surface area (Å²) in [5, 5.41) is 11.8. The van der Waals surface area contributed by atoms with Crippen LogP contribution in [0.1, 0.15) is 12.5 Å². The highest BCUT2D eigenvalue weighted by Gasteiger charge is 2.30. The van der Waals surface area contributed by atoms with E-state index in [1.54, 1.807) is 24.3 Å². The maximum absolute atomic E-state index is 12.6. The lowest BCUT2D eigenvalue weighted by molar-refractivity contribution is -0.116. The van der Waals surface area contributed by atoms with Crippen LogP contribution < -0.4 is 9.62 Å². The second-order valence-electron chi connectivity index (χ2n) is 5.85. The van der Waals surface area contributed by atoms with Crippen LogP contribution in [-0.4, -0.2) is 26.6 Å². The monoisotopic (exact) mass is 425 g/mol. The molecule has 0 spiro atoms. The topological polar surface area (TPSA) is 90.3 Å². The molecule has 1 unspecified atom stereocenters. The molecule has 1 atom stereocenters. The third-order valence-corrected chi connectivity index (χ3v) is 5.52. The Balaban J connectivity index is 2.30. The minimum absolute atomic E-state index is 0.124. The number of sulfonamides is 1. The van der Waals surface area contributed by atoms with E-state index in [0.717, 1.165) is 16.1 Å². The molecule has 0 aliphatic carbocycles. The minimum Gasteiger partial charge on any atom is -0.324 e. The van der Waals surface area contributed by atoms with Crippen molar-refractivity contribution in [3.63, 3.8) is 0 Å². The van der Waals surface area contributed by atoms with Gasteiger partial charge in [0.15, 0.2) is 0 Å². The first-order valence-electron chi connectivity index (χ1n) is 7.84. The highest BCUT2D eigenvalue weighted by atomic mass is 35.5. The lowest BCUT2D eigenvalue weighted by atomic mass is 10.1. The average Bonchev–Trinajstić information content (AvgIpc) is 2.59. The van der Waals surface area contributed by atoms with Crippen LogP contribution in [0.3, 0.4) is 0 Å². The summed E-state index contributed by atoms with van der Waals surface area (Å²) in [4.78, 5) is 12.6. The number of amides is 1. The van der Waals surface area contributed by atoms with Gasteiger partial charge in [0.1, 0.15) is 6.04 Å². The van der Waals surface area contributed by atoms with Crippen molar-refractivity contribution in [2.45, 2.75) is 19.4 Å². The predicted octanol–water partition coefficient (Wildman–Crippen LogP) is 3.85. The Kier molecular flexibility index (Phi) is 6.71. The maximum atomic E-state index is 12.6. The fraction of sp³-hybridized carbons (Fsp3) is 0.222. The van der Waals surface area contributed by atoms with Crippen molar-refractivity contribution in [1.29, 1.82) is 5.26 Å². The van der Waals surface area contributed by atoms with E-state index < -0.39 is 22.0 Å². The van der Waals surface area contributed by atoms with Gasteiger partial charge in [-0.2, -0.15) is 5.26 Å². The largest absolute Gasteiger partial charge is 0.324 e. The number of hydrogen-bond donors (Lipinski definition) is 1. The third kappa shape index (κ3) is 5.36. The number of rotatable bonds is 6. The Morgan fingerprint density at radius 1 is 1.22 bits per heavy atom. The van der Waals surface area contributed by atoms with Gasteiger partial charge in [-0.1, -0.05) is 35.3 Å². The Hall–Kier alpha value is -2.27. The Labute approximate surface area is 168 Å². The summed E-state index contributed by atoms with van der Waals surface area (Å²) in [6.45, 7) is 1.46. The van der Waals surface area contributed by atoms with Crippen molar-refractivity contribution in [2.75, 3.05) is 15.9 Å². The molecule has 1 N–H and O–H groups in total. The minimum atomic E-state index is -3.81. The van der Waals surface area contributed by atoms with Gasteiger partial charge in [0.25, 0.3) is 0 Å². The summed E-state index contributed by atoms with van der Waals surface area (Å²) in [5.74, 6) is -0.537. The molecule has 9 heteroatoms. The summed E-state index contributed by atoms with van der Waals surface area (Å²) in [6.07, 6.45) is 1.25. The molecule has 0 saturated carbocycles. The molecule has 0 saturated heterocycles. The zero-order chi connectivity index (χ0) is 20.2. The number of halogens is 2. The number of nitriles is 1.